The average Bonchev–Trinajstić information content (AvgIpc) is 2.98. The molecule has 0 saturated carbocycles. The zero-order valence-electron chi connectivity index (χ0n) is 32.4. The molecule has 8 nitrogen and oxygen atoms in total. The summed E-state index contributed by atoms with van der Waals surface area (Å²) in [6.07, 6.45) is 25.2. The first-order valence-electron chi connectivity index (χ1n) is 18.3. The van der Waals surface area contributed by atoms with E-state index in [-0.39, 0.29) is 72.0 Å². The van der Waals surface area contributed by atoms with Crippen molar-refractivity contribution in [2.75, 3.05) is 0 Å². The van der Waals surface area contributed by atoms with E-state index in [9.17, 15) is 19.2 Å². The van der Waals surface area contributed by atoms with E-state index in [1.807, 2.05) is 0 Å². The maximum absolute atomic E-state index is 11.0. The van der Waals surface area contributed by atoms with E-state index in [1.165, 1.54) is 103 Å². The number of allylic oxidation sites excluding steroid dienone is 8. The van der Waals surface area contributed by atoms with Gasteiger partial charge in [0.2, 0.25) is 0 Å². The molecule has 0 atom stereocenters. The van der Waals surface area contributed by atoms with Gasteiger partial charge in [0, 0.05) is 75.8 Å². The molecule has 284 valence electrons. The molecule has 0 radical (unpaired) electrons. The second-order valence-corrected chi connectivity index (χ2v) is 12.3. The summed E-state index contributed by atoms with van der Waals surface area (Å²) in [5.41, 5.74) is 0. The van der Waals surface area contributed by atoms with Crippen LogP contribution in [0.3, 0.4) is 0 Å². The Bertz CT molecular complexity index is 780. The molecule has 0 bridgehead atoms. The van der Waals surface area contributed by atoms with Gasteiger partial charge in [-0.25, -0.2) is 0 Å². The number of ketones is 4. The van der Waals surface area contributed by atoms with Crippen molar-refractivity contribution in [3.63, 3.8) is 0 Å². The summed E-state index contributed by atoms with van der Waals surface area (Å²) in [4.78, 5) is 43.9. The van der Waals surface area contributed by atoms with Crippen molar-refractivity contribution in [2.45, 2.75) is 184 Å². The molecule has 0 aromatic carbocycles. The molecule has 0 amide bonds. The number of unbranched alkanes of at least 4 members (excludes halogenated alkanes) is 12. The van der Waals surface area contributed by atoms with Gasteiger partial charge in [0.15, 0.2) is 23.1 Å². The van der Waals surface area contributed by atoms with Gasteiger partial charge in [0.05, 0.1) is 23.0 Å². The van der Waals surface area contributed by atoms with Gasteiger partial charge < -0.3 is 20.4 Å². The molecule has 0 aromatic heterocycles. The molecule has 0 aliphatic carbocycles. The van der Waals surface area contributed by atoms with Crippen molar-refractivity contribution < 1.29 is 65.4 Å². The number of hydrogen-bond acceptors (Lipinski definition) is 8. The first-order valence-corrected chi connectivity index (χ1v) is 18.3. The van der Waals surface area contributed by atoms with Crippen LogP contribution < -0.4 is 0 Å². The summed E-state index contributed by atoms with van der Waals surface area (Å²) in [5, 5.41) is 35.1. The van der Waals surface area contributed by atoms with Gasteiger partial charge in [-0.15, -0.1) is 0 Å². The molecular formula is C40H72HfO8. The summed E-state index contributed by atoms with van der Waals surface area (Å²) in [6.45, 7) is 14.6. The average molecular weight is 859 g/mol. The number of carbonyl (C=O) groups excluding carboxylic acids is 4. The number of carbonyl (C=O) groups is 4. The Morgan fingerprint density at radius 1 is 0.347 bits per heavy atom. The molecule has 0 spiro atoms. The summed E-state index contributed by atoms with van der Waals surface area (Å²) >= 11 is 0. The van der Waals surface area contributed by atoms with Crippen molar-refractivity contribution >= 4 is 23.1 Å². The SMILES string of the molecule is CCCCCCC(=O)/C=C(/C)O.CCCCCCC(=O)/C=C(/C)O.CCCCCCC(=O)/C=C(/C)O.CCCCCCC(=O)/C=C(/C)O.[Hf]. The van der Waals surface area contributed by atoms with E-state index in [0.717, 1.165) is 51.4 Å². The van der Waals surface area contributed by atoms with Crippen molar-refractivity contribution in [3.8, 4) is 0 Å². The minimum atomic E-state index is 0. The minimum absolute atomic E-state index is 0. The second kappa shape index (κ2) is 43.7. The number of rotatable bonds is 24. The van der Waals surface area contributed by atoms with E-state index in [0.29, 0.717) is 25.7 Å². The molecule has 0 fully saturated rings. The Kier molecular flexibility index (Phi) is 50.1. The fraction of sp³-hybridized carbons (Fsp3) is 0.700. The van der Waals surface area contributed by atoms with Crippen LogP contribution in [-0.4, -0.2) is 43.6 Å². The molecule has 0 aliphatic rings. The smallest absolute Gasteiger partial charge is 0.159 e. The minimum Gasteiger partial charge on any atom is -0.512 e. The van der Waals surface area contributed by atoms with E-state index >= 15 is 0 Å². The van der Waals surface area contributed by atoms with Gasteiger partial charge in [-0.2, -0.15) is 0 Å². The molecule has 9 heteroatoms. The van der Waals surface area contributed by atoms with Crippen molar-refractivity contribution in [1.82, 2.24) is 0 Å². The van der Waals surface area contributed by atoms with E-state index in [2.05, 4.69) is 27.7 Å². The zero-order valence-corrected chi connectivity index (χ0v) is 36.0. The molecule has 0 unspecified atom stereocenters. The van der Waals surface area contributed by atoms with E-state index < -0.39 is 0 Å². The van der Waals surface area contributed by atoms with Gasteiger partial charge in [-0.3, -0.25) is 19.2 Å². The topological polar surface area (TPSA) is 149 Å². The molecule has 49 heavy (non-hydrogen) atoms. The van der Waals surface area contributed by atoms with E-state index in [4.69, 9.17) is 20.4 Å². The molecule has 4 N–H and O–H groups in total. The van der Waals surface area contributed by atoms with Crippen LogP contribution in [0.25, 0.3) is 0 Å². The Morgan fingerprint density at radius 3 is 0.633 bits per heavy atom. The standard InChI is InChI=1S/4C10H18O2.Hf/c4*1-3-4-5-6-7-10(12)8-9(2)11;/h4*8,11H,3-7H2,1-2H3;/b4*9-8-;. The monoisotopic (exact) mass is 860 g/mol. The number of hydrogen-bond donors (Lipinski definition) is 4. The third-order valence-corrected chi connectivity index (χ3v) is 6.59. The summed E-state index contributed by atoms with van der Waals surface area (Å²) in [6, 6.07) is 0. The van der Waals surface area contributed by atoms with Crippen LogP contribution in [0.5, 0.6) is 0 Å². The second-order valence-electron chi connectivity index (χ2n) is 12.3. The Labute approximate surface area is 318 Å². The van der Waals surface area contributed by atoms with Gasteiger partial charge in [-0.1, -0.05) is 105 Å². The summed E-state index contributed by atoms with van der Waals surface area (Å²) < 4.78 is 0. The Hall–Kier alpha value is -2.29. The molecule has 0 saturated heterocycles. The van der Waals surface area contributed by atoms with Crippen molar-refractivity contribution in [1.29, 1.82) is 0 Å². The predicted molar refractivity (Wildman–Crippen MR) is 201 cm³/mol. The summed E-state index contributed by atoms with van der Waals surface area (Å²) in [7, 11) is 0. The Morgan fingerprint density at radius 2 is 0.510 bits per heavy atom. The maximum atomic E-state index is 11.0. The van der Waals surface area contributed by atoms with Gasteiger partial charge in [0.1, 0.15) is 0 Å². The molecule has 0 heterocycles. The van der Waals surface area contributed by atoms with Gasteiger partial charge >= 0.3 is 0 Å². The molecular weight excluding hydrogens is 787 g/mol. The van der Waals surface area contributed by atoms with Crippen LogP contribution in [0.1, 0.15) is 184 Å². The fourth-order valence-corrected chi connectivity index (χ4v) is 4.12. The third kappa shape index (κ3) is 61.4. The van der Waals surface area contributed by atoms with Crippen LogP contribution in [0.15, 0.2) is 47.3 Å². The summed E-state index contributed by atoms with van der Waals surface area (Å²) in [5.74, 6) is 0.561. The molecule has 0 aromatic rings. The van der Waals surface area contributed by atoms with Crippen LogP contribution in [-0.2, 0) is 45.0 Å². The van der Waals surface area contributed by atoms with Gasteiger partial charge in [0.25, 0.3) is 0 Å². The van der Waals surface area contributed by atoms with Crippen LogP contribution in [0.4, 0.5) is 0 Å². The van der Waals surface area contributed by atoms with Crippen LogP contribution in [0.2, 0.25) is 0 Å². The largest absolute Gasteiger partial charge is 0.512 e. The fourth-order valence-electron chi connectivity index (χ4n) is 4.12. The number of aliphatic hydroxyl groups is 4. The normalized spacial score (nSPS) is 11.4. The van der Waals surface area contributed by atoms with Crippen molar-refractivity contribution in [2.24, 2.45) is 0 Å². The molecule has 0 aliphatic heterocycles. The van der Waals surface area contributed by atoms with E-state index in [1.54, 1.807) is 0 Å². The number of aliphatic hydroxyl groups excluding tert-OH is 4. The predicted octanol–water partition coefficient (Wildman–Crippen LogP) is 11.9. The first kappa shape index (κ1) is 56.1. The molecule has 0 rings (SSSR count). The quantitative estimate of drug-likeness (QED) is 0.0324. The third-order valence-electron chi connectivity index (χ3n) is 6.59. The van der Waals surface area contributed by atoms with Crippen LogP contribution >= 0.6 is 0 Å². The Balaban J connectivity index is -0.000000174. The zero-order chi connectivity index (χ0) is 37.6. The van der Waals surface area contributed by atoms with Crippen molar-refractivity contribution in [3.05, 3.63) is 47.3 Å². The first-order chi connectivity index (χ1) is 22.7. The van der Waals surface area contributed by atoms with Crippen LogP contribution in [0, 0.1) is 0 Å². The maximum Gasteiger partial charge on any atom is 0.159 e. The van der Waals surface area contributed by atoms with Gasteiger partial charge in [-0.05, 0) is 53.4 Å².